The summed E-state index contributed by atoms with van der Waals surface area (Å²) < 4.78 is 0. The standard InChI is InChI=1S/C10H14N4O4.ClH/c11-5-1-2-6-12-9-4-3-8(13(15)16)7-10(9)14(17)18;/h3-4,7,12H,1-2,5-6,11H2;1H/p-1. The molecule has 0 saturated carbocycles. The van der Waals surface area contributed by atoms with Crippen molar-refractivity contribution in [1.82, 2.24) is 0 Å². The zero-order chi connectivity index (χ0) is 13.5. The van der Waals surface area contributed by atoms with E-state index in [0.717, 1.165) is 18.9 Å². The average Bonchev–Trinajstić information content (AvgIpc) is 2.34. The molecule has 0 atom stereocenters. The number of non-ortho nitro benzene ring substituents is 1. The fourth-order valence-electron chi connectivity index (χ4n) is 1.43. The summed E-state index contributed by atoms with van der Waals surface area (Å²) in [5.41, 5.74) is 5.02. The maximum absolute atomic E-state index is 10.8. The van der Waals surface area contributed by atoms with Gasteiger partial charge in [-0.3, -0.25) is 20.2 Å². The second kappa shape index (κ2) is 8.22. The first-order valence-electron chi connectivity index (χ1n) is 5.43. The zero-order valence-electron chi connectivity index (χ0n) is 10.0. The van der Waals surface area contributed by atoms with E-state index in [1.54, 1.807) is 0 Å². The van der Waals surface area contributed by atoms with Gasteiger partial charge in [-0.1, -0.05) is 0 Å². The lowest BCUT2D eigenvalue weighted by Gasteiger charge is -2.06. The van der Waals surface area contributed by atoms with E-state index >= 15 is 0 Å². The number of nitrogens with zero attached hydrogens (tertiary/aromatic N) is 2. The molecule has 0 aliphatic heterocycles. The fourth-order valence-corrected chi connectivity index (χ4v) is 1.43. The number of nitrogens with one attached hydrogen (secondary N) is 1. The van der Waals surface area contributed by atoms with Crippen LogP contribution >= 0.6 is 0 Å². The quantitative estimate of drug-likeness (QED) is 0.363. The molecule has 1 aromatic carbocycles. The second-order valence-electron chi connectivity index (χ2n) is 3.64. The monoisotopic (exact) mass is 289 g/mol. The normalized spacial score (nSPS) is 9.53. The number of anilines is 1. The Bertz CT molecular complexity index is 455. The summed E-state index contributed by atoms with van der Waals surface area (Å²) in [7, 11) is 0. The third kappa shape index (κ3) is 5.06. The zero-order valence-corrected chi connectivity index (χ0v) is 10.8. The van der Waals surface area contributed by atoms with Crippen molar-refractivity contribution in [3.8, 4) is 0 Å². The minimum absolute atomic E-state index is 0. The molecule has 106 valence electrons. The lowest BCUT2D eigenvalue weighted by molar-refractivity contribution is -0.393. The summed E-state index contributed by atoms with van der Waals surface area (Å²) in [6, 6.07) is 3.53. The van der Waals surface area contributed by atoms with Gasteiger partial charge in [-0.2, -0.15) is 0 Å². The maximum atomic E-state index is 10.8. The topological polar surface area (TPSA) is 124 Å². The van der Waals surface area contributed by atoms with E-state index < -0.39 is 9.85 Å². The van der Waals surface area contributed by atoms with Crippen LogP contribution in [0.2, 0.25) is 0 Å². The second-order valence-corrected chi connectivity index (χ2v) is 3.64. The van der Waals surface area contributed by atoms with E-state index in [1.165, 1.54) is 12.1 Å². The molecular weight excluding hydrogens is 276 g/mol. The van der Waals surface area contributed by atoms with Crippen LogP contribution in [-0.2, 0) is 0 Å². The molecule has 0 radical (unpaired) electrons. The third-order valence-corrected chi connectivity index (χ3v) is 2.34. The van der Waals surface area contributed by atoms with Gasteiger partial charge in [-0.05, 0) is 25.5 Å². The van der Waals surface area contributed by atoms with Gasteiger partial charge in [0.2, 0.25) is 0 Å². The molecule has 9 heteroatoms. The number of nitro benzene ring substituents is 2. The minimum atomic E-state index is -0.662. The van der Waals surface area contributed by atoms with Crippen LogP contribution in [0.5, 0.6) is 0 Å². The molecule has 0 saturated heterocycles. The number of rotatable bonds is 7. The van der Waals surface area contributed by atoms with Crippen molar-refractivity contribution in [1.29, 1.82) is 0 Å². The third-order valence-electron chi connectivity index (χ3n) is 2.34. The maximum Gasteiger partial charge on any atom is 0.299 e. The van der Waals surface area contributed by atoms with Crippen LogP contribution in [0, 0.1) is 20.2 Å². The minimum Gasteiger partial charge on any atom is -1.00 e. The Balaban J connectivity index is 0.00000324. The number of unbranched alkanes of at least 4 members (excludes halogenated alkanes) is 1. The molecular formula is C10H14ClN4O4-. The van der Waals surface area contributed by atoms with Gasteiger partial charge in [-0.15, -0.1) is 0 Å². The van der Waals surface area contributed by atoms with E-state index in [-0.39, 0.29) is 29.5 Å². The van der Waals surface area contributed by atoms with Gasteiger partial charge in [0.25, 0.3) is 11.4 Å². The lowest BCUT2D eigenvalue weighted by Crippen LogP contribution is -3.00. The molecule has 0 amide bonds. The summed E-state index contributed by atoms with van der Waals surface area (Å²) in [6.45, 7) is 1.10. The van der Waals surface area contributed by atoms with Crippen molar-refractivity contribution in [3.05, 3.63) is 38.4 Å². The van der Waals surface area contributed by atoms with Crippen molar-refractivity contribution in [2.45, 2.75) is 12.8 Å². The summed E-state index contributed by atoms with van der Waals surface area (Å²) in [5.74, 6) is 0. The van der Waals surface area contributed by atoms with Gasteiger partial charge < -0.3 is 23.5 Å². The number of nitro groups is 2. The smallest absolute Gasteiger partial charge is 0.299 e. The Morgan fingerprint density at radius 1 is 1.16 bits per heavy atom. The highest BCUT2D eigenvalue weighted by molar-refractivity contribution is 5.65. The summed E-state index contributed by atoms with van der Waals surface area (Å²) >= 11 is 0. The van der Waals surface area contributed by atoms with Gasteiger partial charge >= 0.3 is 0 Å². The Hall–Kier alpha value is -1.93. The van der Waals surface area contributed by atoms with E-state index in [1.807, 2.05) is 0 Å². The van der Waals surface area contributed by atoms with E-state index in [4.69, 9.17) is 5.73 Å². The Kier molecular flexibility index (Phi) is 7.39. The predicted octanol–water partition coefficient (Wildman–Crippen LogP) is -1.34. The van der Waals surface area contributed by atoms with Crippen molar-refractivity contribution >= 4 is 17.1 Å². The van der Waals surface area contributed by atoms with Gasteiger partial charge in [0.1, 0.15) is 5.69 Å². The molecule has 1 rings (SSSR count). The SMILES string of the molecule is NCCCCNc1ccc([N+](=O)[O-])cc1[N+](=O)[O-].[Cl-]. The van der Waals surface area contributed by atoms with Crippen molar-refractivity contribution < 1.29 is 22.3 Å². The summed E-state index contributed by atoms with van der Waals surface area (Å²) in [5, 5.41) is 24.2. The van der Waals surface area contributed by atoms with Crippen molar-refractivity contribution in [2.75, 3.05) is 18.4 Å². The number of hydrogen-bond donors (Lipinski definition) is 2. The average molecular weight is 290 g/mol. The van der Waals surface area contributed by atoms with Crippen LogP contribution in [0.15, 0.2) is 18.2 Å². The van der Waals surface area contributed by atoms with Gasteiger partial charge in [0, 0.05) is 12.6 Å². The molecule has 0 aromatic heterocycles. The van der Waals surface area contributed by atoms with Crippen LogP contribution in [0.25, 0.3) is 0 Å². The van der Waals surface area contributed by atoms with Crippen LogP contribution in [0.3, 0.4) is 0 Å². The molecule has 0 spiro atoms. The molecule has 19 heavy (non-hydrogen) atoms. The van der Waals surface area contributed by atoms with Gasteiger partial charge in [0.05, 0.1) is 15.9 Å². The van der Waals surface area contributed by atoms with E-state index in [9.17, 15) is 20.2 Å². The predicted molar refractivity (Wildman–Crippen MR) is 66.5 cm³/mol. The molecule has 0 aliphatic carbocycles. The number of benzene rings is 1. The van der Waals surface area contributed by atoms with Crippen molar-refractivity contribution in [2.24, 2.45) is 5.73 Å². The highest BCUT2D eigenvalue weighted by Gasteiger charge is 2.18. The largest absolute Gasteiger partial charge is 1.00 e. The molecule has 0 heterocycles. The first kappa shape index (κ1) is 17.1. The number of hydrogen-bond acceptors (Lipinski definition) is 6. The first-order chi connectivity index (χ1) is 8.56. The fraction of sp³-hybridized carbons (Fsp3) is 0.400. The summed E-state index contributed by atoms with van der Waals surface area (Å²) in [6.07, 6.45) is 1.60. The molecule has 3 N–H and O–H groups in total. The molecule has 0 aliphatic rings. The summed E-state index contributed by atoms with van der Waals surface area (Å²) in [4.78, 5) is 20.0. The Morgan fingerprint density at radius 3 is 2.37 bits per heavy atom. The van der Waals surface area contributed by atoms with Crippen LogP contribution < -0.4 is 23.5 Å². The van der Waals surface area contributed by atoms with Gasteiger partial charge in [0.15, 0.2) is 0 Å². The van der Waals surface area contributed by atoms with E-state index in [0.29, 0.717) is 13.1 Å². The molecule has 1 aromatic rings. The highest BCUT2D eigenvalue weighted by Crippen LogP contribution is 2.28. The lowest BCUT2D eigenvalue weighted by atomic mass is 10.2. The van der Waals surface area contributed by atoms with Crippen molar-refractivity contribution in [3.63, 3.8) is 0 Å². The van der Waals surface area contributed by atoms with E-state index in [2.05, 4.69) is 5.32 Å². The first-order valence-corrected chi connectivity index (χ1v) is 5.43. The molecule has 0 bridgehead atoms. The Labute approximate surface area is 115 Å². The Morgan fingerprint density at radius 2 is 1.84 bits per heavy atom. The van der Waals surface area contributed by atoms with Crippen LogP contribution in [-0.4, -0.2) is 22.9 Å². The number of nitrogens with two attached hydrogens (primary N) is 1. The molecule has 0 unspecified atom stereocenters. The van der Waals surface area contributed by atoms with Crippen LogP contribution in [0.1, 0.15) is 12.8 Å². The van der Waals surface area contributed by atoms with Crippen LogP contribution in [0.4, 0.5) is 17.1 Å². The van der Waals surface area contributed by atoms with Gasteiger partial charge in [-0.25, -0.2) is 0 Å². The number of halogens is 1. The molecule has 8 nitrogen and oxygen atoms in total. The highest BCUT2D eigenvalue weighted by atomic mass is 35.5. The molecule has 0 fully saturated rings.